The number of carbonyl (C=O) groups is 1. The summed E-state index contributed by atoms with van der Waals surface area (Å²) in [4.78, 5) is 13.4. The normalized spacial score (nSPS) is 19.3. The third-order valence-corrected chi connectivity index (χ3v) is 10.8. The molecule has 0 saturated carbocycles. The van der Waals surface area contributed by atoms with Gasteiger partial charge in [-0.2, -0.15) is 4.31 Å². The van der Waals surface area contributed by atoms with Crippen LogP contribution < -0.4 is 4.74 Å². The summed E-state index contributed by atoms with van der Waals surface area (Å²) in [5.41, 5.74) is 8.36. The van der Waals surface area contributed by atoms with E-state index in [1.165, 1.54) is 11.1 Å². The molecule has 0 saturated heterocycles. The summed E-state index contributed by atoms with van der Waals surface area (Å²) in [6, 6.07) is 15.7. The lowest BCUT2D eigenvalue weighted by atomic mass is 9.83. The van der Waals surface area contributed by atoms with Crippen LogP contribution >= 0.6 is 10.8 Å². The molecule has 2 heterocycles. The predicted molar refractivity (Wildman–Crippen MR) is 167 cm³/mol. The van der Waals surface area contributed by atoms with E-state index < -0.39 is 10.8 Å². The number of aryl methyl sites for hydroxylation is 3. The van der Waals surface area contributed by atoms with E-state index in [0.29, 0.717) is 30.3 Å². The number of benzene rings is 3. The van der Waals surface area contributed by atoms with E-state index in [-0.39, 0.29) is 24.4 Å². The lowest BCUT2D eigenvalue weighted by molar-refractivity contribution is -0.143. The molecule has 10 heteroatoms. The Morgan fingerprint density at radius 1 is 1.16 bits per heavy atom. The molecule has 2 N–H and O–H groups in total. The predicted octanol–water partition coefficient (Wildman–Crippen LogP) is 6.55. The third-order valence-electron chi connectivity index (χ3n) is 8.87. The molecule has 1 aliphatic heterocycles. The van der Waals surface area contributed by atoms with Crippen LogP contribution in [0.25, 0.3) is 11.0 Å². The van der Waals surface area contributed by atoms with E-state index >= 15 is 0 Å². The Hall–Kier alpha value is -3.44. The van der Waals surface area contributed by atoms with Crippen molar-refractivity contribution in [3.05, 3.63) is 81.9 Å². The zero-order valence-electron chi connectivity index (χ0n) is 25.2. The standard InChI is InChI=1S/C33H40N4O5S/c1-5-25-20-37(43(39,40)31-13-8-7-12-30(31)42-25)19-24-17-23(16-22-10-9-11-27(22)24)28(18-32(38)41-6-2)26-14-15-29-33(21(26)3)34-35-36(29)4/h7-8,12-17,25,28,39-40H,5-6,9-11,18-20H2,1-4H3/t25-,28?/m1/s1. The Labute approximate surface area is 254 Å². The van der Waals surface area contributed by atoms with Crippen LogP contribution in [0.2, 0.25) is 0 Å². The van der Waals surface area contributed by atoms with Gasteiger partial charge in [-0.05, 0) is 91.1 Å². The number of carbonyl (C=O) groups excluding carboxylic acids is 1. The van der Waals surface area contributed by atoms with Crippen molar-refractivity contribution in [3.63, 3.8) is 0 Å². The summed E-state index contributed by atoms with van der Waals surface area (Å²) >= 11 is 0. The van der Waals surface area contributed by atoms with E-state index in [4.69, 9.17) is 9.47 Å². The summed E-state index contributed by atoms with van der Waals surface area (Å²) < 4.78 is 38.6. The topological polar surface area (TPSA) is 110 Å². The maximum Gasteiger partial charge on any atom is 0.306 e. The molecule has 9 nitrogen and oxygen atoms in total. The molecular weight excluding hydrogens is 564 g/mol. The van der Waals surface area contributed by atoms with Crippen molar-refractivity contribution in [1.29, 1.82) is 0 Å². The molecule has 0 spiro atoms. The van der Waals surface area contributed by atoms with Crippen molar-refractivity contribution in [2.45, 2.75) is 76.3 Å². The van der Waals surface area contributed by atoms with Crippen LogP contribution in [0.1, 0.15) is 72.4 Å². The van der Waals surface area contributed by atoms with Gasteiger partial charge >= 0.3 is 5.97 Å². The Morgan fingerprint density at radius 2 is 1.98 bits per heavy atom. The van der Waals surface area contributed by atoms with Crippen molar-refractivity contribution < 1.29 is 23.4 Å². The highest BCUT2D eigenvalue weighted by molar-refractivity contribution is 8.22. The van der Waals surface area contributed by atoms with E-state index in [1.54, 1.807) is 15.1 Å². The average molecular weight is 605 g/mol. The number of aromatic nitrogens is 3. The molecule has 0 amide bonds. The molecule has 0 radical (unpaired) electrons. The lowest BCUT2D eigenvalue weighted by Crippen LogP contribution is -2.34. The van der Waals surface area contributed by atoms with E-state index in [9.17, 15) is 13.9 Å². The van der Waals surface area contributed by atoms with Crippen LogP contribution in [0.3, 0.4) is 0 Å². The van der Waals surface area contributed by atoms with Gasteiger partial charge in [-0.15, -0.1) is 15.9 Å². The SMILES string of the molecule is CCOC(=O)CC(c1cc2c(c(CN3C[C@@H](CC)Oc4ccccc4S3(O)O)c1)CCC2)c1ccc2c(nnn2C)c1C. The maximum atomic E-state index is 13.0. The molecule has 43 heavy (non-hydrogen) atoms. The highest BCUT2D eigenvalue weighted by Gasteiger charge is 2.36. The first kappa shape index (κ1) is 29.6. The fraction of sp³-hybridized carbons (Fsp3) is 0.424. The van der Waals surface area contributed by atoms with E-state index in [0.717, 1.165) is 59.0 Å². The summed E-state index contributed by atoms with van der Waals surface area (Å²) in [7, 11) is -1.43. The summed E-state index contributed by atoms with van der Waals surface area (Å²) in [6.07, 6.45) is 3.68. The quantitative estimate of drug-likeness (QED) is 0.218. The molecule has 1 unspecified atom stereocenters. The van der Waals surface area contributed by atoms with Crippen molar-refractivity contribution in [1.82, 2.24) is 19.3 Å². The molecular formula is C33H40N4O5S. The Kier molecular flexibility index (Phi) is 8.21. The first-order valence-electron chi connectivity index (χ1n) is 15.1. The number of hydrogen-bond acceptors (Lipinski definition) is 8. The van der Waals surface area contributed by atoms with Gasteiger partial charge < -0.3 is 9.47 Å². The van der Waals surface area contributed by atoms with Gasteiger partial charge in [-0.25, -0.2) is 4.68 Å². The highest BCUT2D eigenvalue weighted by atomic mass is 32.3. The first-order chi connectivity index (χ1) is 20.7. The summed E-state index contributed by atoms with van der Waals surface area (Å²) in [6.45, 7) is 6.98. The first-order valence-corrected chi connectivity index (χ1v) is 16.6. The van der Waals surface area contributed by atoms with Gasteiger partial charge in [-0.3, -0.25) is 13.9 Å². The van der Waals surface area contributed by atoms with E-state index in [1.807, 2.05) is 45.2 Å². The molecule has 3 aromatic carbocycles. The van der Waals surface area contributed by atoms with Gasteiger partial charge in [0.05, 0.1) is 25.1 Å². The Balaban J connectivity index is 1.45. The average Bonchev–Trinajstić information content (AvgIpc) is 3.60. The largest absolute Gasteiger partial charge is 0.487 e. The molecule has 2 atom stereocenters. The van der Waals surface area contributed by atoms with Gasteiger partial charge in [-0.1, -0.05) is 42.5 Å². The van der Waals surface area contributed by atoms with Crippen LogP contribution in [0.4, 0.5) is 0 Å². The highest BCUT2D eigenvalue weighted by Crippen LogP contribution is 2.57. The second-order valence-electron chi connectivity index (χ2n) is 11.5. The van der Waals surface area contributed by atoms with Crippen LogP contribution in [0.15, 0.2) is 53.4 Å². The van der Waals surface area contributed by atoms with Gasteiger partial charge in [0.25, 0.3) is 0 Å². The van der Waals surface area contributed by atoms with Crippen molar-refractivity contribution in [2.24, 2.45) is 7.05 Å². The van der Waals surface area contributed by atoms with E-state index in [2.05, 4.69) is 35.4 Å². The lowest BCUT2D eigenvalue weighted by Gasteiger charge is -2.42. The van der Waals surface area contributed by atoms with Crippen molar-refractivity contribution in [2.75, 3.05) is 13.2 Å². The molecule has 2 aliphatic rings. The fourth-order valence-electron chi connectivity index (χ4n) is 6.60. The maximum absolute atomic E-state index is 13.0. The molecule has 1 aromatic heterocycles. The molecule has 0 bridgehead atoms. The van der Waals surface area contributed by atoms with Crippen LogP contribution in [0.5, 0.6) is 5.75 Å². The Morgan fingerprint density at radius 3 is 2.77 bits per heavy atom. The molecule has 0 fully saturated rings. The molecule has 228 valence electrons. The molecule has 6 rings (SSSR count). The van der Waals surface area contributed by atoms with Crippen LogP contribution in [0, 0.1) is 6.92 Å². The minimum atomic E-state index is -3.30. The van der Waals surface area contributed by atoms with Crippen LogP contribution in [-0.4, -0.2) is 53.6 Å². The zero-order chi connectivity index (χ0) is 30.3. The smallest absolute Gasteiger partial charge is 0.306 e. The van der Waals surface area contributed by atoms with Crippen molar-refractivity contribution >= 4 is 27.8 Å². The number of para-hydroxylation sites is 1. The van der Waals surface area contributed by atoms with Gasteiger partial charge in [0.1, 0.15) is 22.3 Å². The minimum absolute atomic E-state index is 0.177. The monoisotopic (exact) mass is 604 g/mol. The van der Waals surface area contributed by atoms with Crippen molar-refractivity contribution in [3.8, 4) is 5.75 Å². The summed E-state index contributed by atoms with van der Waals surface area (Å²) in [5, 5.41) is 8.62. The number of fused-ring (bicyclic) bond motifs is 3. The second kappa shape index (κ2) is 11.9. The molecule has 1 aliphatic carbocycles. The number of esters is 1. The summed E-state index contributed by atoms with van der Waals surface area (Å²) in [5.74, 6) is 0.0154. The van der Waals surface area contributed by atoms with Gasteiger partial charge in [0, 0.05) is 19.5 Å². The fourth-order valence-corrected chi connectivity index (χ4v) is 8.22. The number of rotatable bonds is 8. The Bertz CT molecular complexity index is 1670. The van der Waals surface area contributed by atoms with Gasteiger partial charge in [0.2, 0.25) is 0 Å². The van der Waals surface area contributed by atoms with Gasteiger partial charge in [0.15, 0.2) is 0 Å². The number of nitrogens with zero attached hydrogens (tertiary/aromatic N) is 4. The minimum Gasteiger partial charge on any atom is -0.487 e. The second-order valence-corrected chi connectivity index (χ2v) is 13.5. The molecule has 4 aromatic rings. The zero-order valence-corrected chi connectivity index (χ0v) is 26.1. The number of hydrogen-bond donors (Lipinski definition) is 2. The number of ether oxygens (including phenoxy) is 2. The third kappa shape index (κ3) is 5.53. The van der Waals surface area contributed by atoms with Crippen LogP contribution in [-0.2, 0) is 36.0 Å².